The van der Waals surface area contributed by atoms with E-state index in [1.165, 1.54) is 19.2 Å². The number of nitrogens with two attached hydrogens (primary N) is 1. The molecule has 1 heterocycles. The van der Waals surface area contributed by atoms with Crippen LogP contribution in [-0.2, 0) is 23.0 Å². The maximum Gasteiger partial charge on any atom is 0.241 e. The summed E-state index contributed by atoms with van der Waals surface area (Å²) in [7, 11) is -2.28. The number of hydrogen-bond acceptors (Lipinski definition) is 4. The van der Waals surface area contributed by atoms with Crippen LogP contribution in [0.15, 0.2) is 35.0 Å². The maximum absolute atomic E-state index is 13.8. The molecule has 26 heavy (non-hydrogen) atoms. The molecule has 0 spiro atoms. The van der Waals surface area contributed by atoms with Crippen LogP contribution in [0.25, 0.3) is 0 Å². The van der Waals surface area contributed by atoms with Gasteiger partial charge in [0.15, 0.2) is 0 Å². The average Bonchev–Trinajstić information content (AvgIpc) is 2.82. The number of aryl methyl sites for hydroxylation is 1. The average molecular weight is 401 g/mol. The molecule has 0 radical (unpaired) electrons. The van der Waals surface area contributed by atoms with E-state index in [-0.39, 0.29) is 28.7 Å². The second-order valence-corrected chi connectivity index (χ2v) is 8.10. The van der Waals surface area contributed by atoms with Gasteiger partial charge >= 0.3 is 0 Å². The molecule has 9 heteroatoms. The molecule has 0 fully saturated rings. The van der Waals surface area contributed by atoms with E-state index in [0.29, 0.717) is 6.54 Å². The molecule has 2 aromatic rings. The van der Waals surface area contributed by atoms with Crippen molar-refractivity contribution in [3.05, 3.63) is 57.6 Å². The molecule has 0 saturated heterocycles. The molecular weight excluding hydrogens is 379 g/mol. The van der Waals surface area contributed by atoms with Crippen LogP contribution in [0.1, 0.15) is 22.5 Å². The van der Waals surface area contributed by atoms with Crippen molar-refractivity contribution in [3.8, 4) is 0 Å². The Bertz CT molecular complexity index is 938. The summed E-state index contributed by atoms with van der Waals surface area (Å²) in [4.78, 5) is 0.0217. The third-order valence-corrected chi connectivity index (χ3v) is 6.00. The summed E-state index contributed by atoms with van der Waals surface area (Å²) in [6.07, 6.45) is 1.49. The van der Waals surface area contributed by atoms with Gasteiger partial charge in [-0.3, -0.25) is 4.68 Å². The number of hydrogen-bond donors (Lipinski definition) is 2. The van der Waals surface area contributed by atoms with Crippen molar-refractivity contribution in [1.82, 2.24) is 14.5 Å². The van der Waals surface area contributed by atoms with E-state index >= 15 is 0 Å². The number of halogens is 2. The highest BCUT2D eigenvalue weighted by Gasteiger charge is 2.17. The van der Waals surface area contributed by atoms with Gasteiger partial charge in [-0.15, -0.1) is 0 Å². The number of nitrogens with one attached hydrogen (secondary N) is 1. The van der Waals surface area contributed by atoms with Gasteiger partial charge < -0.3 is 5.73 Å². The number of sulfonamides is 1. The second-order valence-electron chi connectivity index (χ2n) is 5.84. The highest BCUT2D eigenvalue weighted by molar-refractivity contribution is 7.89. The van der Waals surface area contributed by atoms with E-state index in [0.717, 1.165) is 22.5 Å². The summed E-state index contributed by atoms with van der Waals surface area (Å²) in [5.41, 5.74) is 8.52. The zero-order chi connectivity index (χ0) is 19.5. The Balaban J connectivity index is 2.30. The van der Waals surface area contributed by atoms with Gasteiger partial charge in [0.05, 0.1) is 17.3 Å². The van der Waals surface area contributed by atoms with E-state index < -0.39 is 10.0 Å². The van der Waals surface area contributed by atoms with E-state index in [4.69, 9.17) is 17.3 Å². The number of aromatic nitrogens is 2. The minimum Gasteiger partial charge on any atom is -0.327 e. The van der Waals surface area contributed by atoms with Gasteiger partial charge in [0.2, 0.25) is 10.0 Å². The number of rotatable bonds is 7. The molecule has 0 aliphatic rings. The minimum absolute atomic E-state index is 0.0217. The van der Waals surface area contributed by atoms with Gasteiger partial charge in [0.1, 0.15) is 10.7 Å². The van der Waals surface area contributed by atoms with Crippen molar-refractivity contribution >= 4 is 21.6 Å². The quantitative estimate of drug-likeness (QED) is 0.747. The molecule has 1 aromatic carbocycles. The fourth-order valence-corrected chi connectivity index (χ4v) is 3.95. The summed E-state index contributed by atoms with van der Waals surface area (Å²) in [5.74, 6) is -0.289. The third-order valence-electron chi connectivity index (χ3n) is 4.10. The zero-order valence-corrected chi connectivity index (χ0v) is 16.5. The largest absolute Gasteiger partial charge is 0.327 e. The van der Waals surface area contributed by atoms with Gasteiger partial charge in [0, 0.05) is 24.2 Å². The van der Waals surface area contributed by atoms with Crippen LogP contribution in [0.5, 0.6) is 0 Å². The first kappa shape index (κ1) is 20.6. The monoisotopic (exact) mass is 400 g/mol. The first-order valence-electron chi connectivity index (χ1n) is 7.99. The molecule has 2 rings (SSSR count). The van der Waals surface area contributed by atoms with Crippen LogP contribution in [0.2, 0.25) is 5.02 Å². The van der Waals surface area contributed by atoms with Gasteiger partial charge in [-0.25, -0.2) is 17.5 Å². The fraction of sp³-hybridized carbons (Fsp3) is 0.353. The van der Waals surface area contributed by atoms with Crippen molar-refractivity contribution in [2.45, 2.75) is 31.7 Å². The van der Waals surface area contributed by atoms with Crippen LogP contribution in [0.3, 0.4) is 0 Å². The zero-order valence-electron chi connectivity index (χ0n) is 14.9. The van der Waals surface area contributed by atoms with E-state index in [1.54, 1.807) is 16.8 Å². The molecule has 0 saturated carbocycles. The third kappa shape index (κ3) is 4.50. The molecule has 1 aromatic heterocycles. The maximum atomic E-state index is 13.8. The van der Waals surface area contributed by atoms with Crippen molar-refractivity contribution in [3.63, 3.8) is 0 Å². The Morgan fingerprint density at radius 3 is 2.69 bits per heavy atom. The van der Waals surface area contributed by atoms with Crippen LogP contribution in [-0.4, -0.2) is 31.8 Å². The predicted molar refractivity (Wildman–Crippen MR) is 100 cm³/mol. The van der Waals surface area contributed by atoms with E-state index in [2.05, 4.69) is 9.82 Å². The Hall–Kier alpha value is -1.74. The molecule has 6 nitrogen and oxygen atoms in total. The standard InChI is InChI=1S/C17H22ClFN4O2S/c1-11-15(9-14(19)6-7-20)12(2)23(22-11)10-13-4-5-17(16(18)8-13)26(24,25)21-3/h4-6,8,21H,7,9-10,20H2,1-3H3. The first-order valence-corrected chi connectivity index (χ1v) is 9.85. The minimum atomic E-state index is -3.61. The highest BCUT2D eigenvalue weighted by atomic mass is 35.5. The molecule has 0 aliphatic carbocycles. The van der Waals surface area contributed by atoms with Gasteiger partial charge in [-0.1, -0.05) is 17.7 Å². The van der Waals surface area contributed by atoms with Crippen LogP contribution in [0.4, 0.5) is 4.39 Å². The summed E-state index contributed by atoms with van der Waals surface area (Å²) in [6, 6.07) is 4.73. The van der Waals surface area contributed by atoms with E-state index in [9.17, 15) is 12.8 Å². The van der Waals surface area contributed by atoms with Gasteiger partial charge in [-0.2, -0.15) is 5.10 Å². The Morgan fingerprint density at radius 1 is 1.42 bits per heavy atom. The molecule has 3 N–H and O–H groups in total. The van der Waals surface area contributed by atoms with Crippen LogP contribution >= 0.6 is 11.6 Å². The smallest absolute Gasteiger partial charge is 0.241 e. The lowest BCUT2D eigenvalue weighted by molar-refractivity contribution is 0.588. The predicted octanol–water partition coefficient (Wildman–Crippen LogP) is 2.46. The number of allylic oxidation sites excluding steroid dienone is 1. The Kier molecular flexibility index (Phi) is 6.57. The van der Waals surface area contributed by atoms with Crippen LogP contribution in [0, 0.1) is 13.8 Å². The Labute approximate surface area is 157 Å². The lowest BCUT2D eigenvalue weighted by Gasteiger charge is -2.09. The Morgan fingerprint density at radius 2 is 2.12 bits per heavy atom. The number of nitrogens with zero attached hydrogens (tertiary/aromatic N) is 2. The van der Waals surface area contributed by atoms with Gasteiger partial charge in [-0.05, 0) is 44.7 Å². The lowest BCUT2D eigenvalue weighted by atomic mass is 10.1. The molecule has 0 unspecified atom stereocenters. The normalized spacial score (nSPS) is 12.6. The topological polar surface area (TPSA) is 90.0 Å². The fourth-order valence-electron chi connectivity index (χ4n) is 2.66. The molecule has 0 amide bonds. The van der Waals surface area contributed by atoms with Gasteiger partial charge in [0.25, 0.3) is 0 Å². The summed E-state index contributed by atoms with van der Waals surface area (Å²) < 4.78 is 41.5. The molecular formula is C17H22ClFN4O2S. The summed E-state index contributed by atoms with van der Waals surface area (Å²) in [6.45, 7) is 4.24. The summed E-state index contributed by atoms with van der Waals surface area (Å²) >= 11 is 6.12. The van der Waals surface area contributed by atoms with Crippen LogP contribution < -0.4 is 10.5 Å². The van der Waals surface area contributed by atoms with Crippen molar-refractivity contribution in [2.24, 2.45) is 5.73 Å². The van der Waals surface area contributed by atoms with Crippen molar-refractivity contribution in [2.75, 3.05) is 13.6 Å². The molecule has 0 aliphatic heterocycles. The highest BCUT2D eigenvalue weighted by Crippen LogP contribution is 2.24. The van der Waals surface area contributed by atoms with Crippen molar-refractivity contribution < 1.29 is 12.8 Å². The van der Waals surface area contributed by atoms with E-state index in [1.807, 2.05) is 13.8 Å². The lowest BCUT2D eigenvalue weighted by Crippen LogP contribution is -2.19. The van der Waals surface area contributed by atoms with Crippen molar-refractivity contribution in [1.29, 1.82) is 0 Å². The molecule has 0 bridgehead atoms. The molecule has 0 atom stereocenters. The first-order chi connectivity index (χ1) is 12.2. The number of benzene rings is 1. The second kappa shape index (κ2) is 8.30. The summed E-state index contributed by atoms with van der Waals surface area (Å²) in [5, 5.41) is 4.59. The molecule has 142 valence electrons. The SMILES string of the molecule is CNS(=O)(=O)c1ccc(Cn2nc(C)c(CC(F)=CCN)c2C)cc1Cl.